The van der Waals surface area contributed by atoms with E-state index in [1.807, 2.05) is 0 Å². The maximum absolute atomic E-state index is 13.0. The van der Waals surface area contributed by atoms with E-state index >= 15 is 0 Å². The number of hydrogen-bond donors (Lipinski definition) is 1. The standard InChI is InChI=1S/C18H15ClF4N4O2/c1-26-13(9-27(17(26)29)11-5-6-14(20)24-8-11)16(28)25-7-10-3-2-4-12(15(10)19)18(21,22)23/h2-6,8,13H,7,9H2,1H3,(H,25,28)/t13-/m0/s1. The third-order valence-corrected chi connectivity index (χ3v) is 4.97. The maximum Gasteiger partial charge on any atom is 0.417 e. The number of anilines is 1. The van der Waals surface area contributed by atoms with Crippen molar-refractivity contribution in [1.82, 2.24) is 15.2 Å². The SMILES string of the molecule is CN1C(=O)N(c2ccc(F)nc2)C[C@H]1C(=O)NCc1cccc(C(F)(F)F)c1Cl. The Balaban J connectivity index is 1.70. The first-order valence-corrected chi connectivity index (χ1v) is 8.75. The molecule has 1 N–H and O–H groups in total. The number of urea groups is 1. The van der Waals surface area contributed by atoms with Crippen LogP contribution in [0.3, 0.4) is 0 Å². The van der Waals surface area contributed by atoms with Crippen LogP contribution in [0.5, 0.6) is 0 Å². The number of rotatable bonds is 4. The number of hydrogen-bond acceptors (Lipinski definition) is 3. The largest absolute Gasteiger partial charge is 0.417 e. The molecule has 1 aromatic heterocycles. The van der Waals surface area contributed by atoms with Crippen molar-refractivity contribution < 1.29 is 27.2 Å². The molecule has 3 rings (SSSR count). The fourth-order valence-electron chi connectivity index (χ4n) is 2.93. The van der Waals surface area contributed by atoms with Crippen LogP contribution in [0.4, 0.5) is 28.0 Å². The second kappa shape index (κ2) is 7.86. The summed E-state index contributed by atoms with van der Waals surface area (Å²) in [5.74, 6) is -1.27. The van der Waals surface area contributed by atoms with Crippen molar-refractivity contribution in [2.75, 3.05) is 18.5 Å². The third-order valence-electron chi connectivity index (χ3n) is 4.52. The van der Waals surface area contributed by atoms with Gasteiger partial charge in [0.15, 0.2) is 0 Å². The fraction of sp³-hybridized carbons (Fsp3) is 0.278. The number of likely N-dealkylation sites (N-methyl/N-ethyl adjacent to an activating group) is 1. The summed E-state index contributed by atoms with van der Waals surface area (Å²) in [6, 6.07) is 4.49. The molecule has 0 aliphatic carbocycles. The summed E-state index contributed by atoms with van der Waals surface area (Å²) in [7, 11) is 1.42. The predicted molar refractivity (Wildman–Crippen MR) is 96.8 cm³/mol. The van der Waals surface area contributed by atoms with Crippen molar-refractivity contribution in [2.24, 2.45) is 0 Å². The number of nitrogens with one attached hydrogen (secondary N) is 1. The lowest BCUT2D eigenvalue weighted by Gasteiger charge is -2.18. The molecule has 6 nitrogen and oxygen atoms in total. The Morgan fingerprint density at radius 1 is 1.31 bits per heavy atom. The van der Waals surface area contributed by atoms with Crippen molar-refractivity contribution in [1.29, 1.82) is 0 Å². The highest BCUT2D eigenvalue weighted by Gasteiger charge is 2.40. The number of carbonyl (C=O) groups excluding carboxylic acids is 2. The molecular weight excluding hydrogens is 416 g/mol. The number of nitrogens with zero attached hydrogens (tertiary/aromatic N) is 3. The van der Waals surface area contributed by atoms with Gasteiger partial charge >= 0.3 is 12.2 Å². The van der Waals surface area contributed by atoms with Crippen LogP contribution in [0.25, 0.3) is 0 Å². The zero-order valence-corrected chi connectivity index (χ0v) is 15.8. The highest BCUT2D eigenvalue weighted by Crippen LogP contribution is 2.36. The molecule has 1 saturated heterocycles. The van der Waals surface area contributed by atoms with Gasteiger partial charge in [0, 0.05) is 13.6 Å². The maximum atomic E-state index is 13.0. The summed E-state index contributed by atoms with van der Waals surface area (Å²) in [4.78, 5) is 30.8. The number of benzene rings is 1. The Bertz CT molecular complexity index is 936. The van der Waals surface area contributed by atoms with Crippen LogP contribution in [-0.2, 0) is 17.5 Å². The Kier molecular flexibility index (Phi) is 5.65. The molecule has 29 heavy (non-hydrogen) atoms. The quantitative estimate of drug-likeness (QED) is 0.597. The van der Waals surface area contributed by atoms with Gasteiger partial charge in [0.25, 0.3) is 0 Å². The van der Waals surface area contributed by atoms with Crippen molar-refractivity contribution in [3.63, 3.8) is 0 Å². The zero-order chi connectivity index (χ0) is 21.3. The van der Waals surface area contributed by atoms with Gasteiger partial charge < -0.3 is 10.2 Å². The molecule has 1 aliphatic heterocycles. The highest BCUT2D eigenvalue weighted by atomic mass is 35.5. The zero-order valence-electron chi connectivity index (χ0n) is 15.0. The van der Waals surface area contributed by atoms with Crippen molar-refractivity contribution >= 4 is 29.2 Å². The van der Waals surface area contributed by atoms with Gasteiger partial charge in [-0.3, -0.25) is 9.69 Å². The van der Waals surface area contributed by atoms with Gasteiger partial charge in [-0.05, 0) is 23.8 Å². The topological polar surface area (TPSA) is 65.5 Å². The van der Waals surface area contributed by atoms with E-state index in [0.29, 0.717) is 5.69 Å². The molecule has 1 aliphatic rings. The van der Waals surface area contributed by atoms with E-state index in [1.54, 1.807) is 0 Å². The van der Waals surface area contributed by atoms with Crippen LogP contribution < -0.4 is 10.2 Å². The Labute approximate surface area is 168 Å². The second-order valence-electron chi connectivity index (χ2n) is 6.35. The lowest BCUT2D eigenvalue weighted by atomic mass is 10.1. The van der Waals surface area contributed by atoms with Gasteiger partial charge in [-0.15, -0.1) is 0 Å². The molecule has 0 spiro atoms. The van der Waals surface area contributed by atoms with E-state index in [0.717, 1.165) is 12.1 Å². The van der Waals surface area contributed by atoms with Gasteiger partial charge in [-0.25, -0.2) is 9.78 Å². The van der Waals surface area contributed by atoms with Crippen molar-refractivity contribution in [3.8, 4) is 0 Å². The number of pyridine rings is 1. The molecule has 1 fully saturated rings. The number of aromatic nitrogens is 1. The molecule has 1 atom stereocenters. The van der Waals surface area contributed by atoms with E-state index in [4.69, 9.17) is 11.6 Å². The first kappa shape index (κ1) is 20.8. The van der Waals surface area contributed by atoms with Crippen LogP contribution in [0.15, 0.2) is 36.5 Å². The summed E-state index contributed by atoms with van der Waals surface area (Å²) >= 11 is 5.82. The summed E-state index contributed by atoms with van der Waals surface area (Å²) < 4.78 is 51.8. The van der Waals surface area contributed by atoms with Crippen LogP contribution in [0.2, 0.25) is 5.02 Å². The molecule has 154 valence electrons. The smallest absolute Gasteiger partial charge is 0.350 e. The van der Waals surface area contributed by atoms with Gasteiger partial charge in [-0.1, -0.05) is 23.7 Å². The predicted octanol–water partition coefficient (Wildman–Crippen LogP) is 3.45. The molecule has 11 heteroatoms. The number of amides is 3. The molecule has 0 bridgehead atoms. The lowest BCUT2D eigenvalue weighted by molar-refractivity contribution is -0.137. The van der Waals surface area contributed by atoms with Crippen molar-refractivity contribution in [3.05, 3.63) is 58.6 Å². The van der Waals surface area contributed by atoms with E-state index in [2.05, 4.69) is 10.3 Å². The molecular formula is C18H15ClF4N4O2. The second-order valence-corrected chi connectivity index (χ2v) is 6.73. The minimum Gasteiger partial charge on any atom is -0.350 e. The number of alkyl halides is 3. The summed E-state index contributed by atoms with van der Waals surface area (Å²) in [6.07, 6.45) is -3.44. The molecule has 2 heterocycles. The Hall–Kier alpha value is -2.88. The first-order valence-electron chi connectivity index (χ1n) is 8.37. The van der Waals surface area contributed by atoms with Crippen LogP contribution >= 0.6 is 11.6 Å². The Morgan fingerprint density at radius 2 is 2.03 bits per heavy atom. The third kappa shape index (κ3) is 4.26. The fourth-order valence-corrected chi connectivity index (χ4v) is 3.23. The number of halogens is 5. The minimum absolute atomic E-state index is 0.0230. The van der Waals surface area contributed by atoms with Gasteiger partial charge in [0.05, 0.1) is 29.0 Å². The lowest BCUT2D eigenvalue weighted by Crippen LogP contribution is -2.43. The summed E-state index contributed by atoms with van der Waals surface area (Å²) in [5.41, 5.74) is -0.574. The first-order chi connectivity index (χ1) is 13.6. The highest BCUT2D eigenvalue weighted by molar-refractivity contribution is 6.32. The van der Waals surface area contributed by atoms with E-state index in [-0.39, 0.29) is 18.7 Å². The summed E-state index contributed by atoms with van der Waals surface area (Å²) in [6.45, 7) is -0.261. The average Bonchev–Trinajstić information content (AvgIpc) is 2.96. The van der Waals surface area contributed by atoms with Gasteiger partial charge in [-0.2, -0.15) is 17.6 Å². The summed E-state index contributed by atoms with van der Waals surface area (Å²) in [5, 5.41) is 2.01. The van der Waals surface area contributed by atoms with E-state index in [1.165, 1.54) is 41.2 Å². The van der Waals surface area contributed by atoms with Crippen LogP contribution in [-0.4, -0.2) is 41.5 Å². The van der Waals surface area contributed by atoms with Gasteiger partial charge in [0.2, 0.25) is 11.9 Å². The van der Waals surface area contributed by atoms with E-state index < -0.39 is 40.7 Å². The van der Waals surface area contributed by atoms with Crippen LogP contribution in [0.1, 0.15) is 11.1 Å². The monoisotopic (exact) mass is 430 g/mol. The Morgan fingerprint density at radius 3 is 2.66 bits per heavy atom. The van der Waals surface area contributed by atoms with Gasteiger partial charge in [0.1, 0.15) is 6.04 Å². The normalized spacial score (nSPS) is 17.0. The van der Waals surface area contributed by atoms with E-state index in [9.17, 15) is 27.2 Å². The molecule has 2 aromatic rings. The average molecular weight is 431 g/mol. The molecule has 3 amide bonds. The minimum atomic E-state index is -4.61. The molecule has 1 aromatic carbocycles. The van der Waals surface area contributed by atoms with Crippen molar-refractivity contribution in [2.45, 2.75) is 18.8 Å². The molecule has 0 radical (unpaired) electrons. The number of carbonyl (C=O) groups is 2. The van der Waals surface area contributed by atoms with Crippen LogP contribution in [0, 0.1) is 5.95 Å². The molecule has 0 saturated carbocycles. The molecule has 0 unspecified atom stereocenters.